The van der Waals surface area contributed by atoms with Gasteiger partial charge >= 0.3 is 0 Å². The van der Waals surface area contributed by atoms with E-state index in [0.717, 1.165) is 22.2 Å². The molecule has 4 rings (SSSR count). The molecule has 1 aromatic heterocycles. The van der Waals surface area contributed by atoms with Gasteiger partial charge in [0, 0.05) is 0 Å². The van der Waals surface area contributed by atoms with Crippen LogP contribution in [0.2, 0.25) is 0 Å². The lowest BCUT2D eigenvalue weighted by Crippen LogP contribution is -2.28. The standard InChI is InChI=1S/C23H23N5OS/c1-15-7-6-10-21(16(15)2)28-23(25-26-27-28)30-14-22(29)24-17(3)19-12-11-18-8-4-5-9-20(18)13-19/h4-13,17H,14H2,1-3H3,(H,24,29). The minimum absolute atomic E-state index is 0.0591. The summed E-state index contributed by atoms with van der Waals surface area (Å²) in [7, 11) is 0. The highest BCUT2D eigenvalue weighted by atomic mass is 32.2. The fourth-order valence-corrected chi connectivity index (χ4v) is 4.05. The smallest absolute Gasteiger partial charge is 0.230 e. The van der Waals surface area contributed by atoms with Crippen LogP contribution in [0.15, 0.2) is 65.8 Å². The molecule has 1 atom stereocenters. The van der Waals surface area contributed by atoms with Gasteiger partial charge < -0.3 is 5.32 Å². The highest BCUT2D eigenvalue weighted by molar-refractivity contribution is 7.99. The van der Waals surface area contributed by atoms with Crippen LogP contribution in [0.25, 0.3) is 16.5 Å². The monoisotopic (exact) mass is 417 g/mol. The van der Waals surface area contributed by atoms with Gasteiger partial charge in [0.2, 0.25) is 11.1 Å². The Morgan fingerprint density at radius 3 is 2.70 bits per heavy atom. The van der Waals surface area contributed by atoms with Crippen molar-refractivity contribution >= 4 is 28.4 Å². The van der Waals surface area contributed by atoms with Crippen molar-refractivity contribution in [1.29, 1.82) is 0 Å². The number of carbonyl (C=O) groups is 1. The Morgan fingerprint density at radius 2 is 1.87 bits per heavy atom. The number of benzene rings is 3. The average molecular weight is 418 g/mol. The second-order valence-electron chi connectivity index (χ2n) is 7.28. The maximum atomic E-state index is 12.5. The molecule has 0 aliphatic heterocycles. The van der Waals surface area contributed by atoms with Gasteiger partial charge in [0.05, 0.1) is 17.5 Å². The summed E-state index contributed by atoms with van der Waals surface area (Å²) in [5, 5.41) is 18.0. The van der Waals surface area contributed by atoms with E-state index in [1.807, 2.05) is 38.1 Å². The van der Waals surface area contributed by atoms with E-state index in [1.54, 1.807) is 4.68 Å². The second kappa shape index (κ2) is 8.67. The van der Waals surface area contributed by atoms with E-state index in [2.05, 4.69) is 64.2 Å². The van der Waals surface area contributed by atoms with Crippen LogP contribution in [0.1, 0.15) is 29.7 Å². The molecule has 30 heavy (non-hydrogen) atoms. The van der Waals surface area contributed by atoms with Gasteiger partial charge in [0.15, 0.2) is 0 Å². The summed E-state index contributed by atoms with van der Waals surface area (Å²) in [5.41, 5.74) is 4.28. The molecular formula is C23H23N5OS. The average Bonchev–Trinajstić information content (AvgIpc) is 3.22. The maximum Gasteiger partial charge on any atom is 0.230 e. The summed E-state index contributed by atoms with van der Waals surface area (Å²) in [4.78, 5) is 12.5. The van der Waals surface area contributed by atoms with E-state index in [1.165, 1.54) is 22.7 Å². The first-order chi connectivity index (χ1) is 14.5. The third kappa shape index (κ3) is 4.21. The minimum Gasteiger partial charge on any atom is -0.349 e. The van der Waals surface area contributed by atoms with Gasteiger partial charge in [0.25, 0.3) is 0 Å². The topological polar surface area (TPSA) is 72.7 Å². The number of aromatic nitrogens is 4. The highest BCUT2D eigenvalue weighted by Gasteiger charge is 2.15. The van der Waals surface area contributed by atoms with Gasteiger partial charge in [0.1, 0.15) is 0 Å². The van der Waals surface area contributed by atoms with E-state index in [9.17, 15) is 4.79 Å². The number of hydrogen-bond donors (Lipinski definition) is 1. The van der Waals surface area contributed by atoms with Crippen LogP contribution in [-0.4, -0.2) is 31.9 Å². The molecule has 0 fully saturated rings. The third-order valence-corrected chi connectivity index (χ3v) is 6.15. The molecule has 1 unspecified atom stereocenters. The summed E-state index contributed by atoms with van der Waals surface area (Å²) in [6, 6.07) is 20.4. The summed E-state index contributed by atoms with van der Waals surface area (Å²) in [5.74, 6) is 0.180. The quantitative estimate of drug-likeness (QED) is 0.471. The van der Waals surface area contributed by atoms with Crippen molar-refractivity contribution in [1.82, 2.24) is 25.5 Å². The lowest BCUT2D eigenvalue weighted by atomic mass is 10.0. The van der Waals surface area contributed by atoms with Gasteiger partial charge in [-0.05, 0) is 70.8 Å². The predicted octanol–water partition coefficient (Wildman–Crippen LogP) is 4.40. The van der Waals surface area contributed by atoms with E-state index in [4.69, 9.17) is 0 Å². The predicted molar refractivity (Wildman–Crippen MR) is 120 cm³/mol. The molecule has 7 heteroatoms. The zero-order valence-corrected chi connectivity index (χ0v) is 18.0. The molecule has 0 aliphatic carbocycles. The van der Waals surface area contributed by atoms with Crippen molar-refractivity contribution < 1.29 is 4.79 Å². The fraction of sp³-hybridized carbons (Fsp3) is 0.217. The number of tetrazole rings is 1. The molecule has 6 nitrogen and oxygen atoms in total. The van der Waals surface area contributed by atoms with E-state index in [-0.39, 0.29) is 17.7 Å². The number of fused-ring (bicyclic) bond motifs is 1. The largest absolute Gasteiger partial charge is 0.349 e. The lowest BCUT2D eigenvalue weighted by molar-refractivity contribution is -0.119. The first kappa shape index (κ1) is 20.1. The molecule has 1 heterocycles. The molecule has 152 valence electrons. The Bertz CT molecular complexity index is 1200. The van der Waals surface area contributed by atoms with Crippen LogP contribution >= 0.6 is 11.8 Å². The van der Waals surface area contributed by atoms with Crippen molar-refractivity contribution in [2.75, 3.05) is 5.75 Å². The number of nitrogens with zero attached hydrogens (tertiary/aromatic N) is 4. The Hall–Kier alpha value is -3.19. The maximum absolute atomic E-state index is 12.5. The first-order valence-corrected chi connectivity index (χ1v) is 10.8. The van der Waals surface area contributed by atoms with Gasteiger partial charge in [-0.25, -0.2) is 0 Å². The molecule has 0 bridgehead atoms. The summed E-state index contributed by atoms with van der Waals surface area (Å²) < 4.78 is 1.69. The van der Waals surface area contributed by atoms with Gasteiger partial charge in [-0.1, -0.05) is 60.3 Å². The minimum atomic E-state index is -0.0854. The number of hydrogen-bond acceptors (Lipinski definition) is 5. The number of amides is 1. The molecule has 0 saturated carbocycles. The van der Waals surface area contributed by atoms with Gasteiger partial charge in [-0.3, -0.25) is 4.79 Å². The molecule has 0 aliphatic rings. The van der Waals surface area contributed by atoms with Gasteiger partial charge in [-0.2, -0.15) is 4.68 Å². The zero-order valence-electron chi connectivity index (χ0n) is 17.2. The SMILES string of the molecule is Cc1cccc(-n2nnnc2SCC(=O)NC(C)c2ccc3ccccc3c2)c1C. The summed E-state index contributed by atoms with van der Waals surface area (Å²) >= 11 is 1.33. The number of aryl methyl sites for hydroxylation is 1. The molecular weight excluding hydrogens is 394 g/mol. The van der Waals surface area contributed by atoms with E-state index >= 15 is 0 Å². The van der Waals surface area contributed by atoms with Crippen LogP contribution < -0.4 is 5.32 Å². The number of nitrogens with one attached hydrogen (secondary N) is 1. The molecule has 1 amide bonds. The van der Waals surface area contributed by atoms with Crippen LogP contribution in [0.3, 0.4) is 0 Å². The third-order valence-electron chi connectivity index (χ3n) is 5.23. The molecule has 0 saturated heterocycles. The Labute approximate surface area is 179 Å². The number of carbonyl (C=O) groups excluding carboxylic acids is 1. The number of thioether (sulfide) groups is 1. The Kier molecular flexibility index (Phi) is 5.81. The van der Waals surface area contributed by atoms with Crippen LogP contribution in [0.5, 0.6) is 0 Å². The van der Waals surface area contributed by atoms with Gasteiger partial charge in [-0.15, -0.1) is 5.10 Å². The fourth-order valence-electron chi connectivity index (χ4n) is 3.36. The van der Waals surface area contributed by atoms with E-state index in [0.29, 0.717) is 5.16 Å². The lowest BCUT2D eigenvalue weighted by Gasteiger charge is -2.15. The molecule has 4 aromatic rings. The Balaban J connectivity index is 1.42. The van der Waals surface area contributed by atoms with Crippen molar-refractivity contribution in [2.24, 2.45) is 0 Å². The second-order valence-corrected chi connectivity index (χ2v) is 8.22. The first-order valence-electron chi connectivity index (χ1n) is 9.79. The summed E-state index contributed by atoms with van der Waals surface area (Å²) in [6.07, 6.45) is 0. The van der Waals surface area contributed by atoms with Crippen LogP contribution in [-0.2, 0) is 4.79 Å². The molecule has 3 aromatic carbocycles. The van der Waals surface area contributed by atoms with Crippen molar-refractivity contribution in [3.63, 3.8) is 0 Å². The van der Waals surface area contributed by atoms with Crippen molar-refractivity contribution in [2.45, 2.75) is 32.0 Å². The van der Waals surface area contributed by atoms with Crippen molar-refractivity contribution in [3.8, 4) is 5.69 Å². The van der Waals surface area contributed by atoms with Crippen LogP contribution in [0.4, 0.5) is 0 Å². The highest BCUT2D eigenvalue weighted by Crippen LogP contribution is 2.23. The number of rotatable bonds is 6. The molecule has 0 radical (unpaired) electrons. The van der Waals surface area contributed by atoms with Crippen LogP contribution in [0, 0.1) is 13.8 Å². The molecule has 0 spiro atoms. The van der Waals surface area contributed by atoms with Crippen molar-refractivity contribution in [3.05, 3.63) is 77.4 Å². The Morgan fingerprint density at radius 1 is 1.07 bits per heavy atom. The zero-order chi connectivity index (χ0) is 21.1. The normalized spacial score (nSPS) is 12.1. The van der Waals surface area contributed by atoms with E-state index < -0.39 is 0 Å². The molecule has 1 N–H and O–H groups in total. The summed E-state index contributed by atoms with van der Waals surface area (Å²) in [6.45, 7) is 6.09.